The molecule has 0 heterocycles. The van der Waals surface area contributed by atoms with E-state index in [2.05, 4.69) is 11.8 Å². The summed E-state index contributed by atoms with van der Waals surface area (Å²) in [5.41, 5.74) is -0.603. The maximum Gasteiger partial charge on any atom is 0.170 e. The van der Waals surface area contributed by atoms with Crippen LogP contribution in [0.2, 0.25) is 0 Å². The second-order valence-corrected chi connectivity index (χ2v) is 6.27. The molecule has 4 heteroatoms. The van der Waals surface area contributed by atoms with E-state index in [9.17, 15) is 9.90 Å². The average Bonchev–Trinajstić information content (AvgIpc) is 2.45. The predicted molar refractivity (Wildman–Crippen MR) is 95.5 cm³/mol. The summed E-state index contributed by atoms with van der Waals surface area (Å²) < 4.78 is 0. The first-order chi connectivity index (χ1) is 10.5. The van der Waals surface area contributed by atoms with Crippen molar-refractivity contribution < 1.29 is 9.90 Å². The van der Waals surface area contributed by atoms with Gasteiger partial charge in [-0.3, -0.25) is 9.69 Å². The fourth-order valence-corrected chi connectivity index (χ4v) is 2.81. The molecule has 0 saturated heterocycles. The Kier molecular flexibility index (Phi) is 7.78. The Bertz CT molecular complexity index is 558. The van der Waals surface area contributed by atoms with E-state index in [1.54, 1.807) is 0 Å². The zero-order valence-electron chi connectivity index (χ0n) is 13.9. The molecule has 1 fully saturated rings. The number of benzene rings is 1. The molecule has 0 aliphatic heterocycles. The van der Waals surface area contributed by atoms with Gasteiger partial charge in [-0.05, 0) is 38.4 Å². The van der Waals surface area contributed by atoms with Crippen molar-refractivity contribution in [3.63, 3.8) is 0 Å². The third-order valence-electron chi connectivity index (χ3n) is 4.33. The number of carbonyl (C=O) groups excluding carboxylic acids is 1. The molecule has 126 valence electrons. The van der Waals surface area contributed by atoms with Crippen LogP contribution in [0.5, 0.6) is 0 Å². The highest BCUT2D eigenvalue weighted by molar-refractivity contribution is 5.89. The van der Waals surface area contributed by atoms with E-state index in [0.717, 1.165) is 24.8 Å². The van der Waals surface area contributed by atoms with E-state index in [1.165, 1.54) is 0 Å². The van der Waals surface area contributed by atoms with Crippen molar-refractivity contribution in [1.82, 2.24) is 4.90 Å². The van der Waals surface area contributed by atoms with Crippen LogP contribution in [0, 0.1) is 17.8 Å². The third kappa shape index (κ3) is 4.81. The van der Waals surface area contributed by atoms with Crippen molar-refractivity contribution in [2.24, 2.45) is 5.92 Å². The Hall–Kier alpha value is -1.34. The lowest BCUT2D eigenvalue weighted by molar-refractivity contribution is -0.149. The van der Waals surface area contributed by atoms with E-state index in [1.807, 2.05) is 49.3 Å². The molecule has 1 N–H and O–H groups in total. The van der Waals surface area contributed by atoms with E-state index >= 15 is 0 Å². The highest BCUT2D eigenvalue weighted by Gasteiger charge is 2.46. The van der Waals surface area contributed by atoms with Crippen molar-refractivity contribution in [1.29, 1.82) is 0 Å². The Morgan fingerprint density at radius 1 is 1.26 bits per heavy atom. The summed E-state index contributed by atoms with van der Waals surface area (Å²) >= 11 is 0. The van der Waals surface area contributed by atoms with Crippen molar-refractivity contribution in [3.8, 4) is 11.8 Å². The van der Waals surface area contributed by atoms with E-state index in [0.29, 0.717) is 19.4 Å². The van der Waals surface area contributed by atoms with Gasteiger partial charge in [0.15, 0.2) is 11.4 Å². The minimum absolute atomic E-state index is 0. The largest absolute Gasteiger partial charge is 0.377 e. The molecule has 1 aromatic rings. The first kappa shape index (κ1) is 19.7. The van der Waals surface area contributed by atoms with Crippen LogP contribution in [-0.4, -0.2) is 36.4 Å². The molecule has 0 radical (unpaired) electrons. The van der Waals surface area contributed by atoms with Crippen molar-refractivity contribution in [2.75, 3.05) is 20.6 Å². The Labute approximate surface area is 145 Å². The molecule has 1 aliphatic rings. The number of aliphatic hydroxyl groups is 1. The number of carbonyl (C=O) groups is 1. The molecule has 3 nitrogen and oxygen atoms in total. The predicted octanol–water partition coefficient (Wildman–Crippen LogP) is 3.01. The van der Waals surface area contributed by atoms with E-state index in [-0.39, 0.29) is 24.1 Å². The summed E-state index contributed by atoms with van der Waals surface area (Å²) in [6.45, 7) is 0.694. The van der Waals surface area contributed by atoms with Gasteiger partial charge in [0.2, 0.25) is 0 Å². The maximum absolute atomic E-state index is 12.7. The molecule has 0 spiro atoms. The highest BCUT2D eigenvalue weighted by atomic mass is 35.5. The topological polar surface area (TPSA) is 40.5 Å². The number of halogens is 1. The van der Waals surface area contributed by atoms with Crippen LogP contribution in [0.4, 0.5) is 0 Å². The van der Waals surface area contributed by atoms with Crippen LogP contribution in [0.1, 0.15) is 37.7 Å². The van der Waals surface area contributed by atoms with E-state index in [4.69, 9.17) is 0 Å². The van der Waals surface area contributed by atoms with Gasteiger partial charge >= 0.3 is 0 Å². The van der Waals surface area contributed by atoms with Crippen LogP contribution >= 0.6 is 12.4 Å². The van der Waals surface area contributed by atoms with Crippen molar-refractivity contribution >= 4 is 18.2 Å². The summed E-state index contributed by atoms with van der Waals surface area (Å²) in [5.74, 6) is 6.01. The van der Waals surface area contributed by atoms with Crippen LogP contribution in [0.25, 0.3) is 0 Å². The quantitative estimate of drug-likeness (QED) is 0.812. The number of rotatable bonds is 6. The fraction of sp³-hybridized carbons (Fsp3) is 0.526. The molecule has 1 atom stereocenters. The van der Waals surface area contributed by atoms with Crippen molar-refractivity contribution in [2.45, 2.75) is 37.7 Å². The molecular weight excluding hydrogens is 310 g/mol. The zero-order valence-corrected chi connectivity index (χ0v) is 14.7. The molecule has 1 unspecified atom stereocenters. The monoisotopic (exact) mass is 335 g/mol. The summed E-state index contributed by atoms with van der Waals surface area (Å²) in [5, 5.41) is 11.1. The Balaban J connectivity index is 0.00000264. The lowest BCUT2D eigenvalue weighted by Crippen LogP contribution is -2.46. The van der Waals surface area contributed by atoms with Gasteiger partial charge in [-0.2, -0.15) is 0 Å². The van der Waals surface area contributed by atoms with Gasteiger partial charge in [-0.1, -0.05) is 42.7 Å². The zero-order chi connectivity index (χ0) is 16.0. The highest BCUT2D eigenvalue weighted by Crippen LogP contribution is 2.43. The first-order valence-electron chi connectivity index (χ1n) is 7.96. The third-order valence-corrected chi connectivity index (χ3v) is 4.33. The molecule has 2 rings (SSSR count). The second kappa shape index (κ2) is 9.08. The molecule has 0 amide bonds. The summed E-state index contributed by atoms with van der Waals surface area (Å²) in [4.78, 5) is 14.7. The molecule has 0 bridgehead atoms. The normalized spacial score (nSPS) is 16.5. The molecule has 1 aliphatic carbocycles. The van der Waals surface area contributed by atoms with Gasteiger partial charge < -0.3 is 5.11 Å². The number of nitrogens with zero attached hydrogens (tertiary/aromatic N) is 1. The standard InChI is InChI=1S/C19H25NO2.ClH/c1-20(2)15-8-4-7-14-18(21)19(22,17-12-9-13-17)16-10-5-3-6-11-16;/h3,5-6,10-11,17,22H,7,9,12-15H2,1-2H3;1H. The van der Waals surface area contributed by atoms with E-state index < -0.39 is 5.60 Å². The lowest BCUT2D eigenvalue weighted by atomic mass is 9.67. The second-order valence-electron chi connectivity index (χ2n) is 6.27. The SMILES string of the molecule is CN(C)CC#CCCC(=O)C(O)(c1ccccc1)C1CCC1.Cl. The number of hydrogen-bond donors (Lipinski definition) is 1. The van der Waals surface area contributed by atoms with Gasteiger partial charge in [-0.25, -0.2) is 0 Å². The Morgan fingerprint density at radius 3 is 2.43 bits per heavy atom. The number of hydrogen-bond acceptors (Lipinski definition) is 3. The molecule has 23 heavy (non-hydrogen) atoms. The molecule has 1 aromatic carbocycles. The lowest BCUT2D eigenvalue weighted by Gasteiger charge is -2.40. The summed E-state index contributed by atoms with van der Waals surface area (Å²) in [6.07, 6.45) is 3.75. The Morgan fingerprint density at radius 2 is 1.91 bits per heavy atom. The van der Waals surface area contributed by atoms with Gasteiger partial charge in [0.25, 0.3) is 0 Å². The number of Topliss-reactive ketones (excluding diaryl/α,β-unsaturated/α-hetero) is 1. The maximum atomic E-state index is 12.7. The minimum Gasteiger partial charge on any atom is -0.377 e. The van der Waals surface area contributed by atoms with Gasteiger partial charge in [-0.15, -0.1) is 18.3 Å². The molecule has 1 saturated carbocycles. The van der Waals surface area contributed by atoms with Crippen LogP contribution in [0.3, 0.4) is 0 Å². The van der Waals surface area contributed by atoms with Crippen molar-refractivity contribution in [3.05, 3.63) is 35.9 Å². The average molecular weight is 336 g/mol. The van der Waals surface area contributed by atoms with Gasteiger partial charge in [0, 0.05) is 12.8 Å². The van der Waals surface area contributed by atoms with Crippen LogP contribution < -0.4 is 0 Å². The van der Waals surface area contributed by atoms with Gasteiger partial charge in [0.1, 0.15) is 0 Å². The molecule has 0 aromatic heterocycles. The fourth-order valence-electron chi connectivity index (χ4n) is 2.81. The summed E-state index contributed by atoms with van der Waals surface area (Å²) in [7, 11) is 3.93. The number of ketones is 1. The smallest absolute Gasteiger partial charge is 0.170 e. The van der Waals surface area contributed by atoms with Crippen LogP contribution in [0.15, 0.2) is 30.3 Å². The van der Waals surface area contributed by atoms with Gasteiger partial charge in [0.05, 0.1) is 6.54 Å². The van der Waals surface area contributed by atoms with Crippen LogP contribution in [-0.2, 0) is 10.4 Å². The molecular formula is C19H26ClNO2. The first-order valence-corrected chi connectivity index (χ1v) is 7.96. The summed E-state index contributed by atoms with van der Waals surface area (Å²) in [6, 6.07) is 9.37. The minimum atomic E-state index is -1.33.